The fourth-order valence-corrected chi connectivity index (χ4v) is 1.52. The summed E-state index contributed by atoms with van der Waals surface area (Å²) in [5.41, 5.74) is 0.702. The third kappa shape index (κ3) is 4.57. The topological polar surface area (TPSA) is 29.5 Å². The van der Waals surface area contributed by atoms with Gasteiger partial charge in [0, 0.05) is 13.0 Å². The van der Waals surface area contributed by atoms with E-state index in [-0.39, 0.29) is 5.78 Å². The lowest BCUT2D eigenvalue weighted by molar-refractivity contribution is 0.0977. The standard InChI is InChI=1S/C14H21NO2/c1-4-7-13(16)12-8-5-6-9-14(12)17-11-10-15(2)3/h5-6,8-9H,4,7,10-11H2,1-3H3. The van der Waals surface area contributed by atoms with Gasteiger partial charge in [0.2, 0.25) is 0 Å². The zero-order chi connectivity index (χ0) is 12.7. The highest BCUT2D eigenvalue weighted by Gasteiger charge is 2.10. The van der Waals surface area contributed by atoms with Gasteiger partial charge in [-0.15, -0.1) is 0 Å². The van der Waals surface area contributed by atoms with E-state index in [4.69, 9.17) is 4.74 Å². The van der Waals surface area contributed by atoms with Crippen LogP contribution in [-0.4, -0.2) is 37.9 Å². The van der Waals surface area contributed by atoms with E-state index < -0.39 is 0 Å². The van der Waals surface area contributed by atoms with Gasteiger partial charge in [-0.2, -0.15) is 0 Å². The van der Waals surface area contributed by atoms with Crippen LogP contribution < -0.4 is 4.74 Å². The van der Waals surface area contributed by atoms with Crippen LogP contribution in [0.5, 0.6) is 5.75 Å². The number of hydrogen-bond acceptors (Lipinski definition) is 3. The van der Waals surface area contributed by atoms with Crippen molar-refractivity contribution in [2.24, 2.45) is 0 Å². The molecule has 0 unspecified atom stereocenters. The minimum atomic E-state index is 0.160. The molecule has 1 aromatic carbocycles. The molecular weight excluding hydrogens is 214 g/mol. The van der Waals surface area contributed by atoms with Gasteiger partial charge in [0.15, 0.2) is 5.78 Å². The lowest BCUT2D eigenvalue weighted by Gasteiger charge is -2.13. The van der Waals surface area contributed by atoms with Gasteiger partial charge in [-0.3, -0.25) is 4.79 Å². The van der Waals surface area contributed by atoms with Crippen molar-refractivity contribution in [3.8, 4) is 5.75 Å². The quantitative estimate of drug-likeness (QED) is 0.680. The Morgan fingerprint density at radius 1 is 1.29 bits per heavy atom. The predicted molar refractivity (Wildman–Crippen MR) is 69.7 cm³/mol. The largest absolute Gasteiger partial charge is 0.491 e. The molecule has 17 heavy (non-hydrogen) atoms. The molecule has 0 radical (unpaired) electrons. The summed E-state index contributed by atoms with van der Waals surface area (Å²) >= 11 is 0. The van der Waals surface area contributed by atoms with Crippen LogP contribution in [0.25, 0.3) is 0 Å². The minimum Gasteiger partial charge on any atom is -0.491 e. The van der Waals surface area contributed by atoms with E-state index in [0.717, 1.165) is 13.0 Å². The summed E-state index contributed by atoms with van der Waals surface area (Å²) in [5, 5.41) is 0. The molecule has 0 amide bonds. The third-order valence-corrected chi connectivity index (χ3v) is 2.46. The molecule has 0 aliphatic heterocycles. The maximum absolute atomic E-state index is 11.9. The zero-order valence-corrected chi connectivity index (χ0v) is 10.9. The Morgan fingerprint density at radius 3 is 2.65 bits per heavy atom. The number of carbonyl (C=O) groups excluding carboxylic acids is 1. The Kier molecular flexibility index (Phi) is 5.70. The van der Waals surface area contributed by atoms with Crippen molar-refractivity contribution in [3.05, 3.63) is 29.8 Å². The molecule has 1 rings (SSSR count). The van der Waals surface area contributed by atoms with Crippen molar-refractivity contribution >= 4 is 5.78 Å². The highest BCUT2D eigenvalue weighted by Crippen LogP contribution is 2.20. The second kappa shape index (κ2) is 7.07. The first kappa shape index (κ1) is 13.7. The van der Waals surface area contributed by atoms with E-state index in [0.29, 0.717) is 24.3 Å². The molecule has 0 heterocycles. The van der Waals surface area contributed by atoms with E-state index in [1.54, 1.807) is 0 Å². The maximum atomic E-state index is 11.9. The van der Waals surface area contributed by atoms with E-state index >= 15 is 0 Å². The number of ether oxygens (including phenoxy) is 1. The lowest BCUT2D eigenvalue weighted by Crippen LogP contribution is -2.20. The van der Waals surface area contributed by atoms with Crippen LogP contribution in [0, 0.1) is 0 Å². The average molecular weight is 235 g/mol. The molecule has 0 bridgehead atoms. The van der Waals surface area contributed by atoms with Crippen molar-refractivity contribution in [1.82, 2.24) is 4.90 Å². The van der Waals surface area contributed by atoms with E-state index in [2.05, 4.69) is 4.90 Å². The molecule has 0 saturated heterocycles. The average Bonchev–Trinajstić information content (AvgIpc) is 2.29. The van der Waals surface area contributed by atoms with Crippen LogP contribution in [0.2, 0.25) is 0 Å². The zero-order valence-electron chi connectivity index (χ0n) is 10.9. The van der Waals surface area contributed by atoms with Crippen molar-refractivity contribution in [1.29, 1.82) is 0 Å². The molecule has 0 N–H and O–H groups in total. The SMILES string of the molecule is CCCC(=O)c1ccccc1OCCN(C)C. The molecule has 0 aliphatic carbocycles. The number of rotatable bonds is 7. The van der Waals surface area contributed by atoms with E-state index in [1.807, 2.05) is 45.3 Å². The van der Waals surface area contributed by atoms with Crippen LogP contribution in [-0.2, 0) is 0 Å². The van der Waals surface area contributed by atoms with Gasteiger partial charge in [0.25, 0.3) is 0 Å². The number of likely N-dealkylation sites (N-methyl/N-ethyl adjacent to an activating group) is 1. The van der Waals surface area contributed by atoms with Crippen LogP contribution in [0.1, 0.15) is 30.1 Å². The molecule has 0 spiro atoms. The van der Waals surface area contributed by atoms with Crippen LogP contribution >= 0.6 is 0 Å². The number of benzene rings is 1. The monoisotopic (exact) mass is 235 g/mol. The number of carbonyl (C=O) groups is 1. The van der Waals surface area contributed by atoms with E-state index in [1.165, 1.54) is 0 Å². The van der Waals surface area contributed by atoms with Gasteiger partial charge in [0.05, 0.1) is 5.56 Å². The number of para-hydroxylation sites is 1. The normalized spacial score (nSPS) is 10.6. The summed E-state index contributed by atoms with van der Waals surface area (Å²) < 4.78 is 5.65. The smallest absolute Gasteiger partial charge is 0.166 e. The highest BCUT2D eigenvalue weighted by molar-refractivity contribution is 5.98. The first-order valence-corrected chi connectivity index (χ1v) is 6.05. The molecule has 0 fully saturated rings. The van der Waals surface area contributed by atoms with Gasteiger partial charge in [-0.1, -0.05) is 19.1 Å². The number of ketones is 1. The first-order valence-electron chi connectivity index (χ1n) is 6.05. The number of hydrogen-bond donors (Lipinski definition) is 0. The molecule has 0 aliphatic rings. The molecule has 94 valence electrons. The molecule has 0 saturated carbocycles. The Bertz CT molecular complexity index is 361. The Balaban J connectivity index is 2.67. The molecular formula is C14H21NO2. The Morgan fingerprint density at radius 2 is 2.00 bits per heavy atom. The van der Waals surface area contributed by atoms with Gasteiger partial charge in [-0.05, 0) is 32.6 Å². The van der Waals surface area contributed by atoms with Crippen LogP contribution in [0.3, 0.4) is 0 Å². The number of Topliss-reactive ketones (excluding diaryl/α,β-unsaturated/α-hetero) is 1. The number of nitrogens with zero attached hydrogens (tertiary/aromatic N) is 1. The summed E-state index contributed by atoms with van der Waals surface area (Å²) in [6.07, 6.45) is 1.44. The Hall–Kier alpha value is -1.35. The molecule has 0 atom stereocenters. The fourth-order valence-electron chi connectivity index (χ4n) is 1.52. The first-order chi connectivity index (χ1) is 8.15. The summed E-state index contributed by atoms with van der Waals surface area (Å²) in [7, 11) is 4.00. The van der Waals surface area contributed by atoms with E-state index in [9.17, 15) is 4.79 Å². The Labute approximate surface area is 103 Å². The van der Waals surface area contributed by atoms with Gasteiger partial charge < -0.3 is 9.64 Å². The minimum absolute atomic E-state index is 0.160. The van der Waals surface area contributed by atoms with Crippen molar-refractivity contribution in [2.75, 3.05) is 27.2 Å². The third-order valence-electron chi connectivity index (χ3n) is 2.46. The van der Waals surface area contributed by atoms with Gasteiger partial charge in [0.1, 0.15) is 12.4 Å². The lowest BCUT2D eigenvalue weighted by atomic mass is 10.1. The highest BCUT2D eigenvalue weighted by atomic mass is 16.5. The van der Waals surface area contributed by atoms with Gasteiger partial charge >= 0.3 is 0 Å². The van der Waals surface area contributed by atoms with Gasteiger partial charge in [-0.25, -0.2) is 0 Å². The summed E-state index contributed by atoms with van der Waals surface area (Å²) in [6, 6.07) is 7.47. The summed E-state index contributed by atoms with van der Waals surface area (Å²) in [4.78, 5) is 13.9. The molecule has 3 nitrogen and oxygen atoms in total. The molecule has 1 aromatic rings. The van der Waals surface area contributed by atoms with Crippen molar-refractivity contribution in [2.45, 2.75) is 19.8 Å². The second-order valence-electron chi connectivity index (χ2n) is 4.32. The second-order valence-corrected chi connectivity index (χ2v) is 4.32. The van der Waals surface area contributed by atoms with Crippen molar-refractivity contribution in [3.63, 3.8) is 0 Å². The fraction of sp³-hybridized carbons (Fsp3) is 0.500. The predicted octanol–water partition coefficient (Wildman–Crippen LogP) is 2.61. The van der Waals surface area contributed by atoms with Crippen molar-refractivity contribution < 1.29 is 9.53 Å². The molecule has 0 aromatic heterocycles. The maximum Gasteiger partial charge on any atom is 0.166 e. The van der Waals surface area contributed by atoms with Crippen LogP contribution in [0.4, 0.5) is 0 Å². The summed E-state index contributed by atoms with van der Waals surface area (Å²) in [5.74, 6) is 0.862. The molecule has 3 heteroatoms. The summed E-state index contributed by atoms with van der Waals surface area (Å²) in [6.45, 7) is 3.45. The van der Waals surface area contributed by atoms with Crippen LogP contribution in [0.15, 0.2) is 24.3 Å².